The maximum absolute atomic E-state index is 10.9. The van der Waals surface area contributed by atoms with Crippen molar-refractivity contribution in [2.45, 2.75) is 45.1 Å². The van der Waals surface area contributed by atoms with Gasteiger partial charge in [-0.2, -0.15) is 0 Å². The van der Waals surface area contributed by atoms with Gasteiger partial charge in [-0.1, -0.05) is 18.6 Å². The number of Topliss-reactive ketones (excluding diaryl/α,β-unsaturated/α-hetero) is 1. The molecule has 0 spiro atoms. The highest BCUT2D eigenvalue weighted by molar-refractivity contribution is 5.75. The van der Waals surface area contributed by atoms with E-state index in [4.69, 9.17) is 0 Å². The van der Waals surface area contributed by atoms with E-state index in [0.717, 1.165) is 25.7 Å². The lowest BCUT2D eigenvalue weighted by atomic mass is 9.90. The molecule has 1 N–H and O–H groups in total. The molecule has 0 heterocycles. The minimum atomic E-state index is -0.265. The van der Waals surface area contributed by atoms with Crippen molar-refractivity contribution in [1.82, 2.24) is 0 Å². The molecule has 0 aromatic carbocycles. The van der Waals surface area contributed by atoms with Gasteiger partial charge in [0, 0.05) is 6.42 Å². The number of carbonyl (C=O) groups is 1. The molecular formula is C11H18O2. The zero-order chi connectivity index (χ0) is 9.68. The summed E-state index contributed by atoms with van der Waals surface area (Å²) in [5, 5.41) is 9.33. The van der Waals surface area contributed by atoms with Crippen molar-refractivity contribution in [2.24, 2.45) is 5.92 Å². The molecule has 0 bridgehead atoms. The molecule has 0 aliphatic heterocycles. The first-order chi connectivity index (χ1) is 6.18. The highest BCUT2D eigenvalue weighted by Gasteiger charge is 2.12. The molecular weight excluding hydrogens is 164 g/mol. The first-order valence-electron chi connectivity index (χ1n) is 5.02. The van der Waals surface area contributed by atoms with Crippen molar-refractivity contribution in [3.63, 3.8) is 0 Å². The van der Waals surface area contributed by atoms with E-state index in [1.165, 1.54) is 0 Å². The van der Waals surface area contributed by atoms with Crippen LogP contribution in [0.4, 0.5) is 0 Å². The standard InChI is InChI=1S/C11H18O2/c1-9(12)8-10-4-2-6-11(13)7-3-5-10/h2,6,10-11,13H,3-5,7-8H2,1H3/b6-2-. The topological polar surface area (TPSA) is 37.3 Å². The Labute approximate surface area is 79.6 Å². The van der Waals surface area contributed by atoms with Gasteiger partial charge in [0.1, 0.15) is 5.78 Å². The highest BCUT2D eigenvalue weighted by atomic mass is 16.3. The van der Waals surface area contributed by atoms with Gasteiger partial charge in [0.2, 0.25) is 0 Å². The van der Waals surface area contributed by atoms with Crippen molar-refractivity contribution in [3.8, 4) is 0 Å². The lowest BCUT2D eigenvalue weighted by molar-refractivity contribution is -0.117. The van der Waals surface area contributed by atoms with Crippen LogP contribution in [0.1, 0.15) is 39.0 Å². The zero-order valence-corrected chi connectivity index (χ0v) is 8.20. The van der Waals surface area contributed by atoms with Crippen LogP contribution in [0.15, 0.2) is 12.2 Å². The van der Waals surface area contributed by atoms with Crippen molar-refractivity contribution >= 4 is 5.78 Å². The van der Waals surface area contributed by atoms with Crippen molar-refractivity contribution < 1.29 is 9.90 Å². The number of hydrogen-bond donors (Lipinski definition) is 1. The van der Waals surface area contributed by atoms with Gasteiger partial charge in [0.05, 0.1) is 6.10 Å². The van der Waals surface area contributed by atoms with Crippen LogP contribution in [0.3, 0.4) is 0 Å². The average molecular weight is 182 g/mol. The molecule has 74 valence electrons. The van der Waals surface area contributed by atoms with Crippen molar-refractivity contribution in [1.29, 1.82) is 0 Å². The van der Waals surface area contributed by atoms with Crippen LogP contribution in [0.25, 0.3) is 0 Å². The van der Waals surface area contributed by atoms with Gasteiger partial charge in [-0.25, -0.2) is 0 Å². The second-order valence-corrected chi connectivity index (χ2v) is 3.93. The lowest BCUT2D eigenvalue weighted by Gasteiger charge is -2.17. The van der Waals surface area contributed by atoms with E-state index in [9.17, 15) is 9.90 Å². The number of rotatable bonds is 2. The highest BCUT2D eigenvalue weighted by Crippen LogP contribution is 2.21. The summed E-state index contributed by atoms with van der Waals surface area (Å²) in [5.74, 6) is 0.778. The first kappa shape index (κ1) is 10.5. The van der Waals surface area contributed by atoms with Crippen LogP contribution in [0.5, 0.6) is 0 Å². The predicted molar refractivity (Wildman–Crippen MR) is 52.4 cm³/mol. The monoisotopic (exact) mass is 182 g/mol. The van der Waals surface area contributed by atoms with E-state index < -0.39 is 0 Å². The second kappa shape index (κ2) is 5.18. The average Bonchev–Trinajstić information content (AvgIpc) is 1.99. The maximum Gasteiger partial charge on any atom is 0.130 e. The molecule has 1 rings (SSSR count). The molecule has 2 nitrogen and oxygen atoms in total. The summed E-state index contributed by atoms with van der Waals surface area (Å²) in [6.45, 7) is 1.65. The fraction of sp³-hybridized carbons (Fsp3) is 0.727. The second-order valence-electron chi connectivity index (χ2n) is 3.93. The summed E-state index contributed by atoms with van der Waals surface area (Å²) in [4.78, 5) is 10.9. The van der Waals surface area contributed by atoms with E-state index >= 15 is 0 Å². The first-order valence-corrected chi connectivity index (χ1v) is 5.02. The van der Waals surface area contributed by atoms with Gasteiger partial charge >= 0.3 is 0 Å². The van der Waals surface area contributed by atoms with Gasteiger partial charge in [0.25, 0.3) is 0 Å². The number of hydrogen-bond acceptors (Lipinski definition) is 2. The minimum absolute atomic E-state index is 0.265. The van der Waals surface area contributed by atoms with Crippen LogP contribution in [-0.4, -0.2) is 17.0 Å². The van der Waals surface area contributed by atoms with E-state index in [1.807, 2.05) is 12.2 Å². The Morgan fingerprint density at radius 3 is 3.00 bits per heavy atom. The van der Waals surface area contributed by atoms with Crippen LogP contribution < -0.4 is 0 Å². The molecule has 1 aliphatic carbocycles. The van der Waals surface area contributed by atoms with Crippen LogP contribution in [0, 0.1) is 5.92 Å². The van der Waals surface area contributed by atoms with Gasteiger partial charge < -0.3 is 9.90 Å². The summed E-state index contributed by atoms with van der Waals surface area (Å²) in [7, 11) is 0. The number of carbonyl (C=O) groups excluding carboxylic acids is 1. The SMILES string of the molecule is CC(=O)CC1C/C=C\C(O)CCC1. The summed E-state index contributed by atoms with van der Waals surface area (Å²) in [6, 6.07) is 0. The van der Waals surface area contributed by atoms with Gasteiger partial charge in [-0.15, -0.1) is 0 Å². The number of aliphatic hydroxyl groups is 1. The maximum atomic E-state index is 10.9. The summed E-state index contributed by atoms with van der Waals surface area (Å²) < 4.78 is 0. The van der Waals surface area contributed by atoms with E-state index in [2.05, 4.69) is 0 Å². The minimum Gasteiger partial charge on any atom is -0.389 e. The molecule has 0 saturated carbocycles. The number of allylic oxidation sites excluding steroid dienone is 1. The summed E-state index contributed by atoms with van der Waals surface area (Å²) in [6.07, 6.45) is 8.18. The molecule has 0 aromatic rings. The molecule has 2 atom stereocenters. The fourth-order valence-electron chi connectivity index (χ4n) is 1.85. The van der Waals surface area contributed by atoms with Crippen LogP contribution in [-0.2, 0) is 4.79 Å². The Bertz CT molecular complexity index is 196. The molecule has 0 saturated heterocycles. The third-order valence-corrected chi connectivity index (χ3v) is 2.52. The van der Waals surface area contributed by atoms with E-state index in [0.29, 0.717) is 12.3 Å². The molecule has 0 radical (unpaired) electrons. The smallest absolute Gasteiger partial charge is 0.130 e. The van der Waals surface area contributed by atoms with Crippen molar-refractivity contribution in [3.05, 3.63) is 12.2 Å². The van der Waals surface area contributed by atoms with Gasteiger partial charge in [-0.3, -0.25) is 0 Å². The molecule has 1 aliphatic rings. The molecule has 2 unspecified atom stereocenters. The number of aliphatic hydroxyl groups excluding tert-OH is 1. The molecule has 2 heteroatoms. The normalized spacial score (nSPS) is 31.8. The third-order valence-electron chi connectivity index (χ3n) is 2.52. The Morgan fingerprint density at radius 2 is 2.31 bits per heavy atom. The Hall–Kier alpha value is -0.630. The van der Waals surface area contributed by atoms with E-state index in [1.54, 1.807) is 6.92 Å². The molecule has 0 aromatic heterocycles. The van der Waals surface area contributed by atoms with Crippen LogP contribution >= 0.6 is 0 Å². The zero-order valence-electron chi connectivity index (χ0n) is 8.20. The fourth-order valence-corrected chi connectivity index (χ4v) is 1.85. The van der Waals surface area contributed by atoms with Crippen LogP contribution in [0.2, 0.25) is 0 Å². The van der Waals surface area contributed by atoms with E-state index in [-0.39, 0.29) is 11.9 Å². The Morgan fingerprint density at radius 1 is 1.54 bits per heavy atom. The summed E-state index contributed by atoms with van der Waals surface area (Å²) in [5.41, 5.74) is 0. The number of ketones is 1. The predicted octanol–water partition coefficient (Wildman–Crippen LogP) is 2.07. The van der Waals surface area contributed by atoms with Crippen molar-refractivity contribution in [2.75, 3.05) is 0 Å². The Balaban J connectivity index is 2.40. The summed E-state index contributed by atoms with van der Waals surface area (Å²) >= 11 is 0. The Kier molecular flexibility index (Phi) is 4.16. The quantitative estimate of drug-likeness (QED) is 0.664. The molecule has 13 heavy (non-hydrogen) atoms. The van der Waals surface area contributed by atoms with Gasteiger partial charge in [0.15, 0.2) is 0 Å². The van der Waals surface area contributed by atoms with Gasteiger partial charge in [-0.05, 0) is 32.1 Å². The largest absolute Gasteiger partial charge is 0.389 e. The lowest BCUT2D eigenvalue weighted by Crippen LogP contribution is -2.10. The molecule has 0 amide bonds. The molecule has 0 fully saturated rings. The third kappa shape index (κ3) is 4.23.